The lowest BCUT2D eigenvalue weighted by atomic mass is 9.91. The summed E-state index contributed by atoms with van der Waals surface area (Å²) in [6.07, 6.45) is 7.83. The first-order chi connectivity index (χ1) is 12.2. The standard InChI is InChI=1S/C21H33NO3/c1-16-10-12-22(15-16)18-6-4-5-7-19(18)25-13-11-17-8-9-20(23-2)21(14-17)24-3/h8-9,14,16,18-19H,4-7,10-13,15H2,1-3H3/t16-,18-,19?/m1/s1. The van der Waals surface area contributed by atoms with Crippen molar-refractivity contribution in [2.45, 2.75) is 57.6 Å². The van der Waals surface area contributed by atoms with Gasteiger partial charge in [-0.05, 0) is 55.8 Å². The Labute approximate surface area is 152 Å². The number of methoxy groups -OCH3 is 2. The molecule has 1 aliphatic carbocycles. The number of hydrogen-bond donors (Lipinski definition) is 0. The van der Waals surface area contributed by atoms with Crippen LogP contribution in [0.3, 0.4) is 0 Å². The van der Waals surface area contributed by atoms with Crippen LogP contribution in [0.15, 0.2) is 18.2 Å². The second-order valence-corrected chi connectivity index (χ2v) is 7.59. The maximum absolute atomic E-state index is 6.36. The average Bonchev–Trinajstić information content (AvgIpc) is 3.08. The molecule has 1 heterocycles. The number of benzene rings is 1. The molecule has 0 aromatic heterocycles. The van der Waals surface area contributed by atoms with E-state index in [-0.39, 0.29) is 0 Å². The normalized spacial score (nSPS) is 27.4. The fraction of sp³-hybridized carbons (Fsp3) is 0.714. The van der Waals surface area contributed by atoms with Crippen LogP contribution >= 0.6 is 0 Å². The predicted molar refractivity (Wildman–Crippen MR) is 101 cm³/mol. The number of rotatable bonds is 7. The van der Waals surface area contributed by atoms with Gasteiger partial charge in [0.2, 0.25) is 0 Å². The summed E-state index contributed by atoms with van der Waals surface area (Å²) >= 11 is 0. The van der Waals surface area contributed by atoms with Crippen LogP contribution in [0.4, 0.5) is 0 Å². The number of ether oxygens (including phenoxy) is 3. The zero-order valence-corrected chi connectivity index (χ0v) is 16.0. The Balaban J connectivity index is 1.53. The van der Waals surface area contributed by atoms with Crippen LogP contribution in [0.25, 0.3) is 0 Å². The van der Waals surface area contributed by atoms with Crippen molar-refractivity contribution in [1.82, 2.24) is 4.90 Å². The molecule has 1 unspecified atom stereocenters. The number of hydrogen-bond acceptors (Lipinski definition) is 4. The molecule has 0 radical (unpaired) electrons. The van der Waals surface area contributed by atoms with E-state index in [4.69, 9.17) is 14.2 Å². The van der Waals surface area contributed by atoms with Gasteiger partial charge in [0.25, 0.3) is 0 Å². The number of likely N-dealkylation sites (tertiary alicyclic amines) is 1. The predicted octanol–water partition coefficient (Wildman–Crippen LogP) is 3.92. The van der Waals surface area contributed by atoms with E-state index in [1.165, 1.54) is 50.8 Å². The van der Waals surface area contributed by atoms with E-state index in [1.807, 2.05) is 6.07 Å². The highest BCUT2D eigenvalue weighted by Crippen LogP contribution is 2.30. The van der Waals surface area contributed by atoms with Gasteiger partial charge in [-0.2, -0.15) is 0 Å². The van der Waals surface area contributed by atoms with Crippen molar-refractivity contribution in [3.8, 4) is 11.5 Å². The van der Waals surface area contributed by atoms with Gasteiger partial charge in [-0.3, -0.25) is 4.90 Å². The van der Waals surface area contributed by atoms with Gasteiger partial charge in [-0.1, -0.05) is 25.8 Å². The second kappa shape index (κ2) is 8.91. The van der Waals surface area contributed by atoms with Crippen molar-refractivity contribution in [3.63, 3.8) is 0 Å². The van der Waals surface area contributed by atoms with Crippen LogP contribution in [0.5, 0.6) is 11.5 Å². The van der Waals surface area contributed by atoms with Gasteiger partial charge in [0.1, 0.15) is 0 Å². The Morgan fingerprint density at radius 2 is 1.84 bits per heavy atom. The molecule has 140 valence electrons. The van der Waals surface area contributed by atoms with E-state index in [9.17, 15) is 0 Å². The van der Waals surface area contributed by atoms with Crippen LogP contribution in [-0.4, -0.2) is 51.0 Å². The van der Waals surface area contributed by atoms with Crippen LogP contribution in [0.1, 0.15) is 44.6 Å². The molecule has 0 amide bonds. The van der Waals surface area contributed by atoms with Gasteiger partial charge < -0.3 is 14.2 Å². The SMILES string of the molecule is COc1ccc(CCOC2CCCC[C@H]2N2CC[C@@H](C)C2)cc1OC. The molecule has 1 aromatic rings. The molecule has 1 saturated heterocycles. The summed E-state index contributed by atoms with van der Waals surface area (Å²) in [5.74, 6) is 2.42. The highest BCUT2D eigenvalue weighted by atomic mass is 16.5. The monoisotopic (exact) mass is 347 g/mol. The lowest BCUT2D eigenvalue weighted by molar-refractivity contribution is -0.0298. The van der Waals surface area contributed by atoms with Gasteiger partial charge >= 0.3 is 0 Å². The van der Waals surface area contributed by atoms with Gasteiger partial charge in [0, 0.05) is 12.6 Å². The molecule has 0 bridgehead atoms. The first kappa shape index (κ1) is 18.5. The molecule has 25 heavy (non-hydrogen) atoms. The maximum Gasteiger partial charge on any atom is 0.160 e. The summed E-state index contributed by atoms with van der Waals surface area (Å²) in [5.41, 5.74) is 1.24. The fourth-order valence-electron chi connectivity index (χ4n) is 4.32. The van der Waals surface area contributed by atoms with Crippen molar-refractivity contribution in [2.24, 2.45) is 5.92 Å². The Hall–Kier alpha value is -1.26. The van der Waals surface area contributed by atoms with Crippen molar-refractivity contribution in [3.05, 3.63) is 23.8 Å². The third-order valence-corrected chi connectivity index (χ3v) is 5.76. The fourth-order valence-corrected chi connectivity index (χ4v) is 4.32. The Morgan fingerprint density at radius 3 is 2.56 bits per heavy atom. The van der Waals surface area contributed by atoms with E-state index >= 15 is 0 Å². The summed E-state index contributed by atoms with van der Waals surface area (Å²) in [5, 5.41) is 0. The van der Waals surface area contributed by atoms with E-state index in [0.717, 1.165) is 30.4 Å². The molecule has 3 rings (SSSR count). The van der Waals surface area contributed by atoms with Gasteiger partial charge in [0.15, 0.2) is 11.5 Å². The minimum absolute atomic E-state index is 0.402. The van der Waals surface area contributed by atoms with E-state index in [1.54, 1.807) is 14.2 Å². The summed E-state index contributed by atoms with van der Waals surface area (Å²) in [6.45, 7) is 5.65. The van der Waals surface area contributed by atoms with Gasteiger partial charge in [-0.25, -0.2) is 0 Å². The topological polar surface area (TPSA) is 30.9 Å². The molecule has 2 aliphatic rings. The van der Waals surface area contributed by atoms with Gasteiger partial charge in [0.05, 0.1) is 26.9 Å². The quantitative estimate of drug-likeness (QED) is 0.748. The Kier molecular flexibility index (Phi) is 6.60. The lowest BCUT2D eigenvalue weighted by Crippen LogP contribution is -2.45. The average molecular weight is 347 g/mol. The molecule has 2 fully saturated rings. The third kappa shape index (κ3) is 4.68. The number of nitrogens with zero attached hydrogens (tertiary/aromatic N) is 1. The van der Waals surface area contributed by atoms with E-state index < -0.39 is 0 Å². The van der Waals surface area contributed by atoms with E-state index in [2.05, 4.69) is 24.0 Å². The molecular weight excluding hydrogens is 314 g/mol. The van der Waals surface area contributed by atoms with Crippen LogP contribution < -0.4 is 9.47 Å². The molecule has 4 heteroatoms. The van der Waals surface area contributed by atoms with Crippen molar-refractivity contribution in [1.29, 1.82) is 0 Å². The highest BCUT2D eigenvalue weighted by Gasteiger charge is 2.33. The summed E-state index contributed by atoms with van der Waals surface area (Å²) in [4.78, 5) is 2.69. The molecule has 0 N–H and O–H groups in total. The first-order valence-corrected chi connectivity index (χ1v) is 9.78. The van der Waals surface area contributed by atoms with Crippen LogP contribution in [0, 0.1) is 5.92 Å². The minimum atomic E-state index is 0.402. The molecule has 4 nitrogen and oxygen atoms in total. The largest absolute Gasteiger partial charge is 0.493 e. The summed E-state index contributed by atoms with van der Waals surface area (Å²) in [7, 11) is 3.35. The smallest absolute Gasteiger partial charge is 0.160 e. The van der Waals surface area contributed by atoms with Crippen molar-refractivity contribution in [2.75, 3.05) is 33.9 Å². The lowest BCUT2D eigenvalue weighted by Gasteiger charge is -2.38. The molecule has 1 aromatic carbocycles. The summed E-state index contributed by atoms with van der Waals surface area (Å²) in [6, 6.07) is 6.76. The van der Waals surface area contributed by atoms with Crippen molar-refractivity contribution >= 4 is 0 Å². The van der Waals surface area contributed by atoms with E-state index in [0.29, 0.717) is 12.1 Å². The minimum Gasteiger partial charge on any atom is -0.493 e. The maximum atomic E-state index is 6.36. The zero-order valence-electron chi connectivity index (χ0n) is 16.0. The van der Waals surface area contributed by atoms with Crippen LogP contribution in [0.2, 0.25) is 0 Å². The Morgan fingerprint density at radius 1 is 1.04 bits per heavy atom. The van der Waals surface area contributed by atoms with Gasteiger partial charge in [-0.15, -0.1) is 0 Å². The molecule has 1 aliphatic heterocycles. The molecule has 0 spiro atoms. The summed E-state index contributed by atoms with van der Waals surface area (Å²) < 4.78 is 17.1. The second-order valence-electron chi connectivity index (χ2n) is 7.59. The van der Waals surface area contributed by atoms with Crippen LogP contribution in [-0.2, 0) is 11.2 Å². The third-order valence-electron chi connectivity index (χ3n) is 5.76. The molecule has 1 saturated carbocycles. The Bertz CT molecular complexity index is 548. The van der Waals surface area contributed by atoms with Crippen molar-refractivity contribution < 1.29 is 14.2 Å². The zero-order chi connectivity index (χ0) is 17.6. The molecule has 3 atom stereocenters. The highest BCUT2D eigenvalue weighted by molar-refractivity contribution is 5.42. The first-order valence-electron chi connectivity index (χ1n) is 9.78. The molecular formula is C21H33NO3.